The number of benzene rings is 1. The van der Waals surface area contributed by atoms with Crippen molar-refractivity contribution < 1.29 is 14.3 Å². The summed E-state index contributed by atoms with van der Waals surface area (Å²) in [5, 5.41) is 6.07. The SMILES string of the molecule is CC1=CC(=O)OC2C(=O)N(c3ccc(Cl)c(Cl)c3)N=C12. The molecule has 7 heteroatoms. The summed E-state index contributed by atoms with van der Waals surface area (Å²) in [7, 11) is 0. The predicted octanol–water partition coefficient (Wildman–Crippen LogP) is 2.57. The molecule has 0 bridgehead atoms. The maximum Gasteiger partial charge on any atom is 0.332 e. The molecule has 5 nitrogen and oxygen atoms in total. The Balaban J connectivity index is 2.01. The number of nitrogens with zero attached hydrogens (tertiary/aromatic N) is 2. The average molecular weight is 311 g/mol. The number of ether oxygens (including phenoxy) is 1. The fraction of sp³-hybridized carbons (Fsp3) is 0.154. The Bertz CT molecular complexity index is 697. The second-order valence-electron chi connectivity index (χ2n) is 4.38. The average Bonchev–Trinajstić information content (AvgIpc) is 2.71. The Morgan fingerprint density at radius 3 is 2.70 bits per heavy atom. The molecule has 2 aliphatic heterocycles. The highest BCUT2D eigenvalue weighted by Gasteiger charge is 2.42. The van der Waals surface area contributed by atoms with Gasteiger partial charge in [-0.3, -0.25) is 4.79 Å². The van der Waals surface area contributed by atoms with E-state index in [0.717, 1.165) is 5.01 Å². The van der Waals surface area contributed by atoms with E-state index < -0.39 is 18.0 Å². The largest absolute Gasteiger partial charge is 0.442 e. The number of esters is 1. The Kier molecular flexibility index (Phi) is 3.03. The quantitative estimate of drug-likeness (QED) is 0.749. The van der Waals surface area contributed by atoms with E-state index in [9.17, 15) is 9.59 Å². The monoisotopic (exact) mass is 310 g/mol. The first-order chi connectivity index (χ1) is 9.47. The summed E-state index contributed by atoms with van der Waals surface area (Å²) in [5.41, 5.74) is 1.51. The summed E-state index contributed by atoms with van der Waals surface area (Å²) in [4.78, 5) is 23.6. The number of fused-ring (bicyclic) bond motifs is 1. The molecule has 2 aliphatic rings. The first-order valence-electron chi connectivity index (χ1n) is 5.74. The number of carbonyl (C=O) groups is 2. The van der Waals surface area contributed by atoms with Crippen LogP contribution < -0.4 is 5.01 Å². The number of rotatable bonds is 1. The van der Waals surface area contributed by atoms with Crippen LogP contribution in [0.4, 0.5) is 5.69 Å². The molecule has 0 radical (unpaired) electrons. The van der Waals surface area contributed by atoms with Gasteiger partial charge in [0.05, 0.1) is 15.7 Å². The fourth-order valence-corrected chi connectivity index (χ4v) is 2.32. The van der Waals surface area contributed by atoms with E-state index in [1.165, 1.54) is 12.1 Å². The molecule has 1 aromatic rings. The molecule has 1 atom stereocenters. The van der Waals surface area contributed by atoms with Crippen LogP contribution in [0.15, 0.2) is 34.9 Å². The second kappa shape index (κ2) is 4.61. The molecule has 2 heterocycles. The summed E-state index contributed by atoms with van der Waals surface area (Å²) in [5.74, 6) is -0.977. The Morgan fingerprint density at radius 1 is 1.25 bits per heavy atom. The predicted molar refractivity (Wildman–Crippen MR) is 75.0 cm³/mol. The van der Waals surface area contributed by atoms with Crippen molar-refractivity contribution in [3.8, 4) is 0 Å². The zero-order chi connectivity index (χ0) is 14.4. The standard InChI is InChI=1S/C13H8Cl2N2O3/c1-6-4-10(18)20-12-11(6)16-17(13(12)19)7-2-3-8(14)9(15)5-7/h2-5,12H,1H3. The zero-order valence-corrected chi connectivity index (χ0v) is 11.8. The zero-order valence-electron chi connectivity index (χ0n) is 10.3. The van der Waals surface area contributed by atoms with Crippen LogP contribution in [0, 0.1) is 0 Å². The van der Waals surface area contributed by atoms with Gasteiger partial charge in [-0.2, -0.15) is 10.1 Å². The van der Waals surface area contributed by atoms with Crippen molar-refractivity contribution in [3.63, 3.8) is 0 Å². The Morgan fingerprint density at radius 2 is 2.00 bits per heavy atom. The summed E-state index contributed by atoms with van der Waals surface area (Å²) in [6, 6.07) is 4.72. The third kappa shape index (κ3) is 1.99. The highest BCUT2D eigenvalue weighted by atomic mass is 35.5. The van der Waals surface area contributed by atoms with Crippen molar-refractivity contribution >= 4 is 46.5 Å². The Hall–Kier alpha value is -1.85. The summed E-state index contributed by atoms with van der Waals surface area (Å²) in [6.07, 6.45) is 0.322. The van der Waals surface area contributed by atoms with Crippen molar-refractivity contribution in [1.82, 2.24) is 0 Å². The van der Waals surface area contributed by atoms with Gasteiger partial charge in [-0.05, 0) is 30.7 Å². The molecule has 0 saturated heterocycles. The van der Waals surface area contributed by atoms with E-state index in [1.807, 2.05) is 0 Å². The molecule has 0 aliphatic carbocycles. The summed E-state index contributed by atoms with van der Waals surface area (Å²) in [6.45, 7) is 1.71. The van der Waals surface area contributed by atoms with Crippen LogP contribution in [0.1, 0.15) is 6.92 Å². The highest BCUT2D eigenvalue weighted by Crippen LogP contribution is 2.31. The van der Waals surface area contributed by atoms with Crippen molar-refractivity contribution in [2.24, 2.45) is 5.10 Å². The van der Waals surface area contributed by atoms with Gasteiger partial charge in [0.2, 0.25) is 6.10 Å². The topological polar surface area (TPSA) is 59.0 Å². The van der Waals surface area contributed by atoms with Crippen molar-refractivity contribution in [3.05, 3.63) is 39.9 Å². The lowest BCUT2D eigenvalue weighted by Crippen LogP contribution is -2.38. The van der Waals surface area contributed by atoms with Gasteiger partial charge in [-0.1, -0.05) is 23.2 Å². The lowest BCUT2D eigenvalue weighted by molar-refractivity contribution is -0.146. The van der Waals surface area contributed by atoms with Crippen LogP contribution >= 0.6 is 23.2 Å². The molecule has 0 aromatic heterocycles. The van der Waals surface area contributed by atoms with Crippen molar-refractivity contribution in [2.45, 2.75) is 13.0 Å². The number of halogens is 2. The molecule has 1 aromatic carbocycles. The van der Waals surface area contributed by atoms with E-state index in [0.29, 0.717) is 27.0 Å². The molecule has 102 valence electrons. The molecule has 0 spiro atoms. The van der Waals surface area contributed by atoms with Gasteiger partial charge in [0, 0.05) is 6.08 Å². The van der Waals surface area contributed by atoms with E-state index in [-0.39, 0.29) is 0 Å². The number of amides is 1. The number of anilines is 1. The maximum atomic E-state index is 12.3. The normalized spacial score (nSPS) is 21.4. The number of carbonyl (C=O) groups excluding carboxylic acids is 2. The van der Waals surface area contributed by atoms with E-state index >= 15 is 0 Å². The minimum atomic E-state index is -0.984. The third-order valence-electron chi connectivity index (χ3n) is 3.01. The molecule has 0 saturated carbocycles. The van der Waals surface area contributed by atoms with Gasteiger partial charge in [0.1, 0.15) is 5.71 Å². The highest BCUT2D eigenvalue weighted by molar-refractivity contribution is 6.42. The molecule has 20 heavy (non-hydrogen) atoms. The molecule has 0 N–H and O–H groups in total. The van der Waals surface area contributed by atoms with Gasteiger partial charge >= 0.3 is 5.97 Å². The molecule has 0 fully saturated rings. The minimum absolute atomic E-state index is 0.316. The molecular weight excluding hydrogens is 303 g/mol. The molecule has 1 unspecified atom stereocenters. The minimum Gasteiger partial charge on any atom is -0.442 e. The van der Waals surface area contributed by atoms with Crippen LogP contribution in [-0.2, 0) is 14.3 Å². The maximum absolute atomic E-state index is 12.3. The van der Waals surface area contributed by atoms with Gasteiger partial charge in [-0.15, -0.1) is 0 Å². The third-order valence-corrected chi connectivity index (χ3v) is 3.75. The number of hydrogen-bond donors (Lipinski definition) is 0. The van der Waals surface area contributed by atoms with Crippen LogP contribution in [-0.4, -0.2) is 23.7 Å². The molecule has 3 rings (SSSR count). The van der Waals surface area contributed by atoms with Crippen molar-refractivity contribution in [2.75, 3.05) is 5.01 Å². The second-order valence-corrected chi connectivity index (χ2v) is 5.19. The first kappa shape index (κ1) is 13.1. The van der Waals surface area contributed by atoms with Gasteiger partial charge in [0.15, 0.2) is 0 Å². The first-order valence-corrected chi connectivity index (χ1v) is 6.50. The smallest absolute Gasteiger partial charge is 0.332 e. The van der Waals surface area contributed by atoms with Gasteiger partial charge in [0.25, 0.3) is 5.91 Å². The summed E-state index contributed by atoms with van der Waals surface area (Å²) < 4.78 is 5.00. The van der Waals surface area contributed by atoms with Crippen LogP contribution in [0.25, 0.3) is 0 Å². The van der Waals surface area contributed by atoms with Crippen LogP contribution in [0.3, 0.4) is 0 Å². The van der Waals surface area contributed by atoms with E-state index in [2.05, 4.69) is 5.10 Å². The summed E-state index contributed by atoms with van der Waals surface area (Å²) >= 11 is 11.8. The van der Waals surface area contributed by atoms with Crippen LogP contribution in [0.2, 0.25) is 10.0 Å². The Labute approximate surface area is 124 Å². The number of hydrazone groups is 1. The molecule has 1 amide bonds. The fourth-order valence-electron chi connectivity index (χ4n) is 2.03. The van der Waals surface area contributed by atoms with E-state index in [1.54, 1.807) is 19.1 Å². The lowest BCUT2D eigenvalue weighted by Gasteiger charge is -2.17. The molecular formula is C13H8Cl2N2O3. The lowest BCUT2D eigenvalue weighted by atomic mass is 10.0. The van der Waals surface area contributed by atoms with Crippen LogP contribution in [0.5, 0.6) is 0 Å². The van der Waals surface area contributed by atoms with E-state index in [4.69, 9.17) is 27.9 Å². The number of hydrogen-bond acceptors (Lipinski definition) is 4. The van der Waals surface area contributed by atoms with Gasteiger partial charge in [-0.25, -0.2) is 4.79 Å². The van der Waals surface area contributed by atoms with Crippen molar-refractivity contribution in [1.29, 1.82) is 0 Å². The van der Waals surface area contributed by atoms with Gasteiger partial charge < -0.3 is 4.74 Å².